The highest BCUT2D eigenvalue weighted by atomic mass is 35.5. The Morgan fingerprint density at radius 1 is 0.759 bits per heavy atom. The summed E-state index contributed by atoms with van der Waals surface area (Å²) in [6.07, 6.45) is -2.07. The highest BCUT2D eigenvalue weighted by molar-refractivity contribution is 6.31. The molecule has 3 heterocycles. The Labute approximate surface area is 316 Å². The highest BCUT2D eigenvalue weighted by Crippen LogP contribution is 2.45. The van der Waals surface area contributed by atoms with Gasteiger partial charge < -0.3 is 20.7 Å². The van der Waals surface area contributed by atoms with Crippen LogP contribution in [0.5, 0.6) is 5.75 Å². The molecule has 2 aromatic heterocycles. The molecule has 16 heteroatoms. The van der Waals surface area contributed by atoms with Crippen LogP contribution in [-0.4, -0.2) is 45.6 Å². The zero-order valence-corrected chi connectivity index (χ0v) is 29.8. The van der Waals surface area contributed by atoms with Crippen LogP contribution >= 0.6 is 23.2 Å². The number of benzene rings is 3. The van der Waals surface area contributed by atoms with Crippen molar-refractivity contribution >= 4 is 64.3 Å². The number of anilines is 3. The fourth-order valence-corrected chi connectivity index (χ4v) is 6.67. The van der Waals surface area contributed by atoms with Gasteiger partial charge >= 0.3 is 12.4 Å². The minimum absolute atomic E-state index is 0.0123. The molecule has 0 bridgehead atoms. The minimum atomic E-state index is -4.95. The number of pyridine rings is 2. The van der Waals surface area contributed by atoms with Gasteiger partial charge in [0.25, 0.3) is 17.7 Å². The van der Waals surface area contributed by atoms with Crippen molar-refractivity contribution < 1.29 is 37.1 Å². The molecule has 0 radical (unpaired) electrons. The van der Waals surface area contributed by atoms with Gasteiger partial charge in [-0.25, -0.2) is 19.7 Å². The average molecular weight is 778 g/mol. The maximum Gasteiger partial charge on any atom is 0.573 e. The van der Waals surface area contributed by atoms with Gasteiger partial charge in [0.05, 0.1) is 5.69 Å². The summed E-state index contributed by atoms with van der Waals surface area (Å²) in [5.74, 6) is -3.60. The predicted octanol–water partition coefficient (Wildman–Crippen LogP) is 8.59. The van der Waals surface area contributed by atoms with E-state index in [-0.39, 0.29) is 28.5 Å². The van der Waals surface area contributed by atoms with Gasteiger partial charge in [-0.2, -0.15) is 0 Å². The molecule has 1 aliphatic heterocycles. The van der Waals surface area contributed by atoms with Gasteiger partial charge in [-0.1, -0.05) is 49.2 Å². The second-order valence-corrected chi connectivity index (χ2v) is 13.2. The molecule has 3 aromatic carbocycles. The topological polar surface area (TPSA) is 143 Å². The fraction of sp³-hybridized carbons (Fsp3) is 0.158. The smallest absolute Gasteiger partial charge is 0.406 e. The maximum atomic E-state index is 14.8. The number of urea groups is 1. The van der Waals surface area contributed by atoms with Gasteiger partial charge in [-0.15, -0.1) is 13.2 Å². The molecule has 1 saturated heterocycles. The normalized spacial score (nSPS) is 16.7. The first-order valence-corrected chi connectivity index (χ1v) is 17.0. The van der Waals surface area contributed by atoms with Crippen LogP contribution < -0.4 is 25.6 Å². The summed E-state index contributed by atoms with van der Waals surface area (Å²) >= 11 is 12.1. The number of halogens is 5. The molecule has 0 aliphatic carbocycles. The summed E-state index contributed by atoms with van der Waals surface area (Å²) in [5.41, 5.74) is -0.212. The summed E-state index contributed by atoms with van der Waals surface area (Å²) in [7, 11) is 0. The molecular formula is C38H29Cl2F3N6O5. The van der Waals surface area contributed by atoms with Gasteiger partial charge in [0.1, 0.15) is 22.9 Å². The third kappa shape index (κ3) is 7.99. The van der Waals surface area contributed by atoms with Crippen molar-refractivity contribution in [3.05, 3.63) is 142 Å². The summed E-state index contributed by atoms with van der Waals surface area (Å²) < 4.78 is 42.5. The van der Waals surface area contributed by atoms with Gasteiger partial charge in [0.2, 0.25) is 0 Å². The van der Waals surface area contributed by atoms with Crippen LogP contribution in [0.3, 0.4) is 0 Å². The zero-order chi connectivity index (χ0) is 38.8. The van der Waals surface area contributed by atoms with Crippen molar-refractivity contribution in [2.45, 2.75) is 37.6 Å². The van der Waals surface area contributed by atoms with E-state index in [0.29, 0.717) is 21.2 Å². The molecule has 5 aromatic rings. The largest absolute Gasteiger partial charge is 0.573 e. The lowest BCUT2D eigenvalue weighted by molar-refractivity contribution is -0.274. The third-order valence-electron chi connectivity index (χ3n) is 8.99. The Kier molecular flexibility index (Phi) is 10.6. The number of carbonyl (C=O) groups is 4. The Balaban J connectivity index is 1.37. The second-order valence-electron chi connectivity index (χ2n) is 12.3. The fourth-order valence-electron chi connectivity index (χ4n) is 6.29. The number of carbonyl (C=O) groups excluding carboxylic acids is 4. The Hall–Kier alpha value is -5.99. The lowest BCUT2D eigenvalue weighted by Gasteiger charge is -2.39. The molecule has 6 rings (SSSR count). The summed E-state index contributed by atoms with van der Waals surface area (Å²) in [4.78, 5) is 64.0. The average Bonchev–Trinajstić information content (AvgIpc) is 3.40. The van der Waals surface area contributed by atoms with Crippen LogP contribution in [0.1, 0.15) is 57.5 Å². The quantitative estimate of drug-likeness (QED) is 0.121. The molecule has 2 unspecified atom stereocenters. The molecule has 1 aliphatic rings. The number of nitrogens with zero attached hydrogens (tertiary/aromatic N) is 3. The summed E-state index contributed by atoms with van der Waals surface area (Å²) in [6.45, 7) is 3.42. The molecular weight excluding hydrogens is 748 g/mol. The second kappa shape index (κ2) is 15.2. The number of hydrogen-bond acceptors (Lipinski definition) is 7. The number of aromatic nitrogens is 2. The number of amides is 5. The van der Waals surface area contributed by atoms with Crippen molar-refractivity contribution in [2.75, 3.05) is 15.5 Å². The van der Waals surface area contributed by atoms with Crippen LogP contribution in [0.15, 0.2) is 109 Å². The van der Waals surface area contributed by atoms with Gasteiger partial charge in [-0.3, -0.25) is 14.4 Å². The SMILES string of the molecule is CC(c1ccnc(NC(=O)c2cccc(Cl)c2)c1)C1(C(C)c2ccnc(NC(=O)c3cccc(Cl)c3)c2)NC(=O)N(c2ccc(OC(F)(F)F)cc2)C1=O. The molecule has 1 fully saturated rings. The van der Waals surface area contributed by atoms with E-state index in [1.165, 1.54) is 24.5 Å². The number of nitrogens with one attached hydrogen (secondary N) is 3. The molecule has 54 heavy (non-hydrogen) atoms. The Morgan fingerprint density at radius 3 is 1.69 bits per heavy atom. The van der Waals surface area contributed by atoms with Crippen LogP contribution in [0.2, 0.25) is 10.0 Å². The van der Waals surface area contributed by atoms with Gasteiger partial charge in [-0.05, 0) is 96.1 Å². The van der Waals surface area contributed by atoms with E-state index in [1.54, 1.807) is 74.5 Å². The molecule has 0 spiro atoms. The van der Waals surface area contributed by atoms with Crippen LogP contribution in [-0.2, 0) is 4.79 Å². The van der Waals surface area contributed by atoms with Gasteiger partial charge in [0, 0.05) is 45.4 Å². The number of ether oxygens (including phenoxy) is 1. The number of hydrogen-bond donors (Lipinski definition) is 3. The van der Waals surface area contributed by atoms with Crippen LogP contribution in [0.25, 0.3) is 0 Å². The standard InChI is InChI=1S/C38H29Cl2F3N6O5/c1-21(23-13-15-44-31(19-23)46-33(50)25-5-3-7-27(39)17-25)37(35(52)49(36(53)48-37)29-9-11-30(12-10-29)54-38(41,42)43)22(2)24-14-16-45-32(20-24)47-34(51)26-6-4-8-28(40)18-26/h3-22H,1-2H3,(H,48,53)(H,44,46,50)(H,45,47,51). The van der Waals surface area contributed by atoms with E-state index < -0.39 is 53.2 Å². The van der Waals surface area contributed by atoms with E-state index in [2.05, 4.69) is 30.7 Å². The molecule has 2 atom stereocenters. The van der Waals surface area contributed by atoms with Crippen LogP contribution in [0, 0.1) is 0 Å². The van der Waals surface area contributed by atoms with Crippen molar-refractivity contribution in [3.8, 4) is 5.75 Å². The molecule has 276 valence electrons. The molecule has 0 saturated carbocycles. The number of imide groups is 1. The highest BCUT2D eigenvalue weighted by Gasteiger charge is 2.58. The lowest BCUT2D eigenvalue weighted by Crippen LogP contribution is -2.55. The van der Waals surface area contributed by atoms with Crippen molar-refractivity contribution in [2.24, 2.45) is 0 Å². The number of rotatable bonds is 10. The molecule has 3 N–H and O–H groups in total. The third-order valence-corrected chi connectivity index (χ3v) is 9.46. The van der Waals surface area contributed by atoms with Crippen LogP contribution in [0.4, 0.5) is 35.3 Å². The summed E-state index contributed by atoms with van der Waals surface area (Å²) in [5, 5.41) is 9.05. The summed E-state index contributed by atoms with van der Waals surface area (Å²) in [6, 6.07) is 22.5. The van der Waals surface area contributed by atoms with E-state index in [9.17, 15) is 32.3 Å². The number of alkyl halides is 3. The first-order valence-electron chi connectivity index (χ1n) is 16.2. The van der Waals surface area contributed by atoms with Crippen molar-refractivity contribution in [1.82, 2.24) is 15.3 Å². The first-order chi connectivity index (χ1) is 25.6. The maximum absolute atomic E-state index is 14.8. The molecule has 5 amide bonds. The van der Waals surface area contributed by atoms with Crippen molar-refractivity contribution in [1.29, 1.82) is 0 Å². The van der Waals surface area contributed by atoms with E-state index >= 15 is 0 Å². The first kappa shape index (κ1) is 37.8. The predicted molar refractivity (Wildman–Crippen MR) is 196 cm³/mol. The van der Waals surface area contributed by atoms with E-state index in [4.69, 9.17) is 23.2 Å². The monoisotopic (exact) mass is 776 g/mol. The van der Waals surface area contributed by atoms with E-state index in [0.717, 1.165) is 29.2 Å². The van der Waals surface area contributed by atoms with Gasteiger partial charge in [0.15, 0.2) is 0 Å². The van der Waals surface area contributed by atoms with E-state index in [1.807, 2.05) is 0 Å². The zero-order valence-electron chi connectivity index (χ0n) is 28.3. The Bertz CT molecular complexity index is 2150. The molecule has 11 nitrogen and oxygen atoms in total. The minimum Gasteiger partial charge on any atom is -0.406 e. The Morgan fingerprint density at radius 2 is 1.24 bits per heavy atom. The van der Waals surface area contributed by atoms with Crippen molar-refractivity contribution in [3.63, 3.8) is 0 Å². The lowest BCUT2D eigenvalue weighted by atomic mass is 9.70.